The summed E-state index contributed by atoms with van der Waals surface area (Å²) < 4.78 is 0. The number of amides is 2. The molecule has 0 aromatic rings. The van der Waals surface area contributed by atoms with Crippen LogP contribution in [0.5, 0.6) is 0 Å². The summed E-state index contributed by atoms with van der Waals surface area (Å²) in [4.78, 5) is 34.9. The molecule has 0 aromatic heterocycles. The summed E-state index contributed by atoms with van der Waals surface area (Å²) in [6.07, 6.45) is 0. The number of rotatable bonds is 3. The van der Waals surface area contributed by atoms with Gasteiger partial charge in [0.05, 0.1) is 5.88 Å². The van der Waals surface area contributed by atoms with E-state index in [0.29, 0.717) is 11.6 Å². The quantitative estimate of drug-likeness (QED) is 0.701. The molecule has 0 aliphatic carbocycles. The van der Waals surface area contributed by atoms with Crippen LogP contribution in [-0.2, 0) is 14.4 Å². The van der Waals surface area contributed by atoms with Crippen LogP contribution in [0.4, 0.5) is 0 Å². The zero-order valence-corrected chi connectivity index (χ0v) is 9.91. The fraction of sp³-hybridized carbons (Fsp3) is 0.667. The van der Waals surface area contributed by atoms with Crippen LogP contribution in [-0.4, -0.2) is 51.5 Å². The predicted molar refractivity (Wildman–Crippen MR) is 58.9 cm³/mol. The van der Waals surface area contributed by atoms with Gasteiger partial charge in [0.15, 0.2) is 0 Å². The van der Waals surface area contributed by atoms with Gasteiger partial charge in [-0.1, -0.05) is 0 Å². The Morgan fingerprint density at radius 2 is 2.12 bits per heavy atom. The van der Waals surface area contributed by atoms with E-state index in [1.807, 2.05) is 0 Å². The van der Waals surface area contributed by atoms with Crippen molar-refractivity contribution in [2.75, 3.05) is 11.6 Å². The van der Waals surface area contributed by atoms with Gasteiger partial charge in [0, 0.05) is 12.7 Å². The largest absolute Gasteiger partial charge is 0.480 e. The third-order valence-corrected chi connectivity index (χ3v) is 3.33. The predicted octanol–water partition coefficient (Wildman–Crippen LogP) is -0.503. The molecule has 0 radical (unpaired) electrons. The maximum Gasteiger partial charge on any atom is 0.325 e. The maximum atomic E-state index is 11.7. The molecule has 1 aliphatic heterocycles. The molecule has 16 heavy (non-hydrogen) atoms. The molecule has 2 amide bonds. The van der Waals surface area contributed by atoms with E-state index in [1.54, 1.807) is 0 Å². The van der Waals surface area contributed by atoms with Crippen LogP contribution in [0.25, 0.3) is 0 Å². The van der Waals surface area contributed by atoms with Crippen LogP contribution >= 0.6 is 11.8 Å². The lowest BCUT2D eigenvalue weighted by atomic mass is 10.2. The smallest absolute Gasteiger partial charge is 0.325 e. The van der Waals surface area contributed by atoms with Gasteiger partial charge in [0.1, 0.15) is 12.1 Å². The third-order valence-electron chi connectivity index (χ3n) is 2.32. The standard InChI is InChI=1S/C9H14N2O4S/c1-5(9(14)15)10-8(13)7-3-16-4-11(7)6(2)12/h5,7H,3-4H2,1-2H3,(H,10,13)(H,14,15)/t5-,7?/m1/s1. The summed E-state index contributed by atoms with van der Waals surface area (Å²) in [5, 5.41) is 11.0. The number of carbonyl (C=O) groups is 3. The molecule has 6 nitrogen and oxygen atoms in total. The van der Waals surface area contributed by atoms with Gasteiger partial charge in [0.25, 0.3) is 0 Å². The number of nitrogens with one attached hydrogen (secondary N) is 1. The lowest BCUT2D eigenvalue weighted by Gasteiger charge is -2.22. The Morgan fingerprint density at radius 1 is 1.50 bits per heavy atom. The Labute approximate surface area is 97.4 Å². The summed E-state index contributed by atoms with van der Waals surface area (Å²) in [5.74, 6) is -0.677. The van der Waals surface area contributed by atoms with E-state index in [9.17, 15) is 14.4 Å². The minimum Gasteiger partial charge on any atom is -0.480 e. The first-order chi connectivity index (χ1) is 7.43. The zero-order chi connectivity index (χ0) is 12.3. The Hall–Kier alpha value is -1.24. The van der Waals surface area contributed by atoms with E-state index < -0.39 is 24.0 Å². The van der Waals surface area contributed by atoms with Gasteiger partial charge < -0.3 is 15.3 Å². The van der Waals surface area contributed by atoms with Gasteiger partial charge in [-0.3, -0.25) is 14.4 Å². The van der Waals surface area contributed by atoms with E-state index in [1.165, 1.54) is 30.5 Å². The van der Waals surface area contributed by atoms with Gasteiger partial charge in [0.2, 0.25) is 11.8 Å². The topological polar surface area (TPSA) is 86.7 Å². The average molecular weight is 246 g/mol. The first-order valence-electron chi connectivity index (χ1n) is 4.81. The summed E-state index contributed by atoms with van der Waals surface area (Å²) in [5.41, 5.74) is 0. The van der Waals surface area contributed by atoms with Gasteiger partial charge in [-0.2, -0.15) is 0 Å². The molecule has 1 fully saturated rings. The van der Waals surface area contributed by atoms with Gasteiger partial charge >= 0.3 is 5.97 Å². The SMILES string of the molecule is CC(=O)N1CSCC1C(=O)N[C@H](C)C(=O)O. The van der Waals surface area contributed by atoms with Crippen molar-refractivity contribution >= 4 is 29.5 Å². The highest BCUT2D eigenvalue weighted by atomic mass is 32.2. The summed E-state index contributed by atoms with van der Waals surface area (Å²) >= 11 is 1.48. The second-order valence-corrected chi connectivity index (χ2v) is 4.57. The number of hydrogen-bond donors (Lipinski definition) is 2. The second kappa shape index (κ2) is 5.20. The van der Waals surface area contributed by atoms with Crippen molar-refractivity contribution in [3.05, 3.63) is 0 Å². The van der Waals surface area contributed by atoms with Gasteiger partial charge in [-0.15, -0.1) is 11.8 Å². The zero-order valence-electron chi connectivity index (χ0n) is 9.10. The molecular weight excluding hydrogens is 232 g/mol. The number of carboxylic acid groups (broad SMARTS) is 1. The molecule has 0 aromatic carbocycles. The molecule has 7 heteroatoms. The van der Waals surface area contributed by atoms with Crippen molar-refractivity contribution in [1.82, 2.24) is 10.2 Å². The van der Waals surface area contributed by atoms with Gasteiger partial charge in [-0.25, -0.2) is 0 Å². The average Bonchev–Trinajstić information content (AvgIpc) is 2.65. The summed E-state index contributed by atoms with van der Waals surface area (Å²) in [6, 6.07) is -1.49. The van der Waals surface area contributed by atoms with E-state index >= 15 is 0 Å². The van der Waals surface area contributed by atoms with Crippen LogP contribution in [0.3, 0.4) is 0 Å². The van der Waals surface area contributed by atoms with E-state index in [0.717, 1.165) is 0 Å². The number of nitrogens with zero attached hydrogens (tertiary/aromatic N) is 1. The van der Waals surface area contributed by atoms with E-state index in [-0.39, 0.29) is 5.91 Å². The summed E-state index contributed by atoms with van der Waals surface area (Å²) in [6.45, 7) is 2.78. The molecule has 2 atom stereocenters. The Kier molecular flexibility index (Phi) is 4.17. The number of thioether (sulfide) groups is 1. The molecule has 90 valence electrons. The van der Waals surface area contributed by atoms with Crippen molar-refractivity contribution in [1.29, 1.82) is 0 Å². The minimum atomic E-state index is -1.09. The Morgan fingerprint density at radius 3 is 2.62 bits per heavy atom. The molecule has 0 saturated carbocycles. The monoisotopic (exact) mass is 246 g/mol. The number of hydrogen-bond acceptors (Lipinski definition) is 4. The lowest BCUT2D eigenvalue weighted by molar-refractivity contribution is -0.142. The van der Waals surface area contributed by atoms with Crippen LogP contribution in [0.2, 0.25) is 0 Å². The highest BCUT2D eigenvalue weighted by Crippen LogP contribution is 2.20. The number of aliphatic carboxylic acids is 1. The molecular formula is C9H14N2O4S. The first-order valence-corrected chi connectivity index (χ1v) is 5.97. The van der Waals surface area contributed by atoms with Crippen molar-refractivity contribution in [3.63, 3.8) is 0 Å². The van der Waals surface area contributed by atoms with Crippen LogP contribution in [0.1, 0.15) is 13.8 Å². The third kappa shape index (κ3) is 2.88. The molecule has 2 N–H and O–H groups in total. The van der Waals surface area contributed by atoms with Crippen molar-refractivity contribution in [2.24, 2.45) is 0 Å². The normalized spacial score (nSPS) is 21.6. The molecule has 1 unspecified atom stereocenters. The first kappa shape index (κ1) is 12.8. The van der Waals surface area contributed by atoms with Gasteiger partial charge in [-0.05, 0) is 6.92 Å². The second-order valence-electron chi connectivity index (χ2n) is 3.57. The van der Waals surface area contributed by atoms with Crippen molar-refractivity contribution in [2.45, 2.75) is 25.9 Å². The van der Waals surface area contributed by atoms with Crippen LogP contribution in [0.15, 0.2) is 0 Å². The van der Waals surface area contributed by atoms with Crippen LogP contribution < -0.4 is 5.32 Å². The fourth-order valence-electron chi connectivity index (χ4n) is 1.34. The highest BCUT2D eigenvalue weighted by molar-refractivity contribution is 7.99. The maximum absolute atomic E-state index is 11.7. The fourth-order valence-corrected chi connectivity index (χ4v) is 2.56. The summed E-state index contributed by atoms with van der Waals surface area (Å²) in [7, 11) is 0. The van der Waals surface area contributed by atoms with Crippen LogP contribution in [0, 0.1) is 0 Å². The lowest BCUT2D eigenvalue weighted by Crippen LogP contribution is -2.50. The van der Waals surface area contributed by atoms with E-state index in [4.69, 9.17) is 5.11 Å². The van der Waals surface area contributed by atoms with Crippen molar-refractivity contribution in [3.8, 4) is 0 Å². The molecule has 0 spiro atoms. The Balaban J connectivity index is 2.60. The van der Waals surface area contributed by atoms with Crippen molar-refractivity contribution < 1.29 is 19.5 Å². The number of carbonyl (C=O) groups excluding carboxylic acids is 2. The molecule has 1 rings (SSSR count). The van der Waals surface area contributed by atoms with E-state index in [2.05, 4.69) is 5.32 Å². The number of carboxylic acids is 1. The molecule has 1 aliphatic rings. The molecule has 1 heterocycles. The molecule has 0 bridgehead atoms. The molecule has 1 saturated heterocycles. The minimum absolute atomic E-state index is 0.173. The Bertz CT molecular complexity index is 321. The highest BCUT2D eigenvalue weighted by Gasteiger charge is 2.33.